The van der Waals surface area contributed by atoms with Crippen molar-refractivity contribution in [2.24, 2.45) is 5.92 Å². The molecule has 0 spiro atoms. The van der Waals surface area contributed by atoms with E-state index in [1.54, 1.807) is 12.1 Å². The van der Waals surface area contributed by atoms with Crippen LogP contribution >= 0.6 is 0 Å². The normalized spacial score (nSPS) is 17.9. The van der Waals surface area contributed by atoms with Crippen LogP contribution in [0.5, 0.6) is 0 Å². The number of allylic oxidation sites excluding steroid dienone is 4. The van der Waals surface area contributed by atoms with Crippen LogP contribution in [0, 0.1) is 16.0 Å². The SMILES string of the molecule is CN(C)CC1=CC=CC1/C=C/c1cccc([N+](=O)[O-])c1. The van der Waals surface area contributed by atoms with E-state index in [9.17, 15) is 10.1 Å². The van der Waals surface area contributed by atoms with Crippen molar-refractivity contribution in [3.05, 3.63) is 69.8 Å². The van der Waals surface area contributed by atoms with Gasteiger partial charge in [0.1, 0.15) is 0 Å². The molecule has 1 aromatic rings. The second kappa shape index (κ2) is 6.30. The summed E-state index contributed by atoms with van der Waals surface area (Å²) in [7, 11) is 4.08. The van der Waals surface area contributed by atoms with E-state index < -0.39 is 0 Å². The molecular weight excluding hydrogens is 252 g/mol. The molecule has 0 aromatic heterocycles. The van der Waals surface area contributed by atoms with Crippen molar-refractivity contribution in [2.45, 2.75) is 0 Å². The molecule has 0 fully saturated rings. The summed E-state index contributed by atoms with van der Waals surface area (Å²) in [6, 6.07) is 6.67. The van der Waals surface area contributed by atoms with Crippen LogP contribution in [0.25, 0.3) is 6.08 Å². The van der Waals surface area contributed by atoms with Crippen molar-refractivity contribution in [2.75, 3.05) is 20.6 Å². The highest BCUT2D eigenvalue weighted by Crippen LogP contribution is 2.23. The van der Waals surface area contributed by atoms with E-state index in [1.807, 2.05) is 26.2 Å². The number of nitro benzene ring substituents is 1. The van der Waals surface area contributed by atoms with Gasteiger partial charge in [0, 0.05) is 24.6 Å². The van der Waals surface area contributed by atoms with E-state index in [1.165, 1.54) is 11.6 Å². The molecule has 0 heterocycles. The van der Waals surface area contributed by atoms with Gasteiger partial charge in [0.05, 0.1) is 4.92 Å². The van der Waals surface area contributed by atoms with Crippen LogP contribution in [-0.2, 0) is 0 Å². The summed E-state index contributed by atoms with van der Waals surface area (Å²) in [6.07, 6.45) is 10.3. The second-order valence-electron chi connectivity index (χ2n) is 5.10. The smallest absolute Gasteiger partial charge is 0.270 e. The first-order chi connectivity index (χ1) is 9.56. The lowest BCUT2D eigenvalue weighted by Gasteiger charge is -2.15. The Bertz CT molecular complexity index is 586. The van der Waals surface area contributed by atoms with Crippen LogP contribution in [0.15, 0.2) is 54.1 Å². The van der Waals surface area contributed by atoms with E-state index >= 15 is 0 Å². The zero-order chi connectivity index (χ0) is 14.5. The van der Waals surface area contributed by atoms with Gasteiger partial charge < -0.3 is 4.90 Å². The van der Waals surface area contributed by atoms with Crippen LogP contribution in [0.3, 0.4) is 0 Å². The molecule has 0 amide bonds. The summed E-state index contributed by atoms with van der Waals surface area (Å²) in [5, 5.41) is 10.7. The number of non-ortho nitro benzene ring substituents is 1. The Morgan fingerprint density at radius 3 is 2.90 bits per heavy atom. The van der Waals surface area contributed by atoms with Crippen LogP contribution in [0.4, 0.5) is 5.69 Å². The molecular formula is C16H18N2O2. The monoisotopic (exact) mass is 270 g/mol. The Morgan fingerprint density at radius 1 is 1.40 bits per heavy atom. The van der Waals surface area contributed by atoms with Gasteiger partial charge in [0.25, 0.3) is 5.69 Å². The Kier molecular flexibility index (Phi) is 4.48. The molecule has 0 saturated carbocycles. The fraction of sp³-hybridized carbons (Fsp3) is 0.250. The van der Waals surface area contributed by atoms with Crippen LogP contribution in [0.2, 0.25) is 0 Å². The summed E-state index contributed by atoms with van der Waals surface area (Å²) in [5.41, 5.74) is 2.30. The molecule has 4 heteroatoms. The van der Waals surface area contributed by atoms with E-state index in [4.69, 9.17) is 0 Å². The topological polar surface area (TPSA) is 46.4 Å². The van der Waals surface area contributed by atoms with Crippen molar-refractivity contribution in [1.29, 1.82) is 0 Å². The minimum Gasteiger partial charge on any atom is -0.305 e. The average molecular weight is 270 g/mol. The number of hydrogen-bond acceptors (Lipinski definition) is 3. The van der Waals surface area contributed by atoms with Gasteiger partial charge in [0.2, 0.25) is 0 Å². The fourth-order valence-corrected chi connectivity index (χ4v) is 2.20. The zero-order valence-electron chi connectivity index (χ0n) is 11.7. The van der Waals surface area contributed by atoms with E-state index in [0.29, 0.717) is 0 Å². The quantitative estimate of drug-likeness (QED) is 0.609. The third-order valence-corrected chi connectivity index (χ3v) is 3.13. The molecule has 1 unspecified atom stereocenters. The predicted octanol–water partition coefficient (Wildman–Crippen LogP) is 3.28. The summed E-state index contributed by atoms with van der Waals surface area (Å²) in [5.74, 6) is 0.275. The van der Waals surface area contributed by atoms with Gasteiger partial charge in [-0.15, -0.1) is 0 Å². The Balaban J connectivity index is 2.09. The predicted molar refractivity (Wildman–Crippen MR) is 81.4 cm³/mol. The first-order valence-corrected chi connectivity index (χ1v) is 6.51. The Morgan fingerprint density at radius 2 is 2.20 bits per heavy atom. The van der Waals surface area contributed by atoms with Gasteiger partial charge in [-0.05, 0) is 25.2 Å². The van der Waals surface area contributed by atoms with E-state index in [0.717, 1.165) is 12.1 Å². The second-order valence-corrected chi connectivity index (χ2v) is 5.10. The van der Waals surface area contributed by atoms with Crippen LogP contribution in [-0.4, -0.2) is 30.5 Å². The Hall–Kier alpha value is -2.20. The van der Waals surface area contributed by atoms with Crippen LogP contribution < -0.4 is 0 Å². The highest BCUT2D eigenvalue weighted by molar-refractivity contribution is 5.55. The molecule has 1 aromatic carbocycles. The lowest BCUT2D eigenvalue weighted by molar-refractivity contribution is -0.384. The first kappa shape index (κ1) is 14.2. The highest BCUT2D eigenvalue weighted by Gasteiger charge is 2.12. The number of nitro groups is 1. The highest BCUT2D eigenvalue weighted by atomic mass is 16.6. The number of likely N-dealkylation sites (N-methyl/N-ethyl adjacent to an activating group) is 1. The maximum Gasteiger partial charge on any atom is 0.270 e. The molecule has 1 aliphatic rings. The van der Waals surface area contributed by atoms with E-state index in [2.05, 4.69) is 29.2 Å². The maximum atomic E-state index is 10.7. The largest absolute Gasteiger partial charge is 0.305 e. The summed E-state index contributed by atoms with van der Waals surface area (Å²) >= 11 is 0. The lowest BCUT2D eigenvalue weighted by atomic mass is 10.0. The number of nitrogens with zero attached hydrogens (tertiary/aromatic N) is 2. The van der Waals surface area contributed by atoms with Crippen molar-refractivity contribution in [3.63, 3.8) is 0 Å². The molecule has 20 heavy (non-hydrogen) atoms. The summed E-state index contributed by atoms with van der Waals surface area (Å²) in [4.78, 5) is 12.5. The third-order valence-electron chi connectivity index (χ3n) is 3.13. The van der Waals surface area contributed by atoms with Gasteiger partial charge in [-0.2, -0.15) is 0 Å². The lowest BCUT2D eigenvalue weighted by Crippen LogP contribution is -2.17. The Labute approximate surface area is 118 Å². The molecule has 104 valence electrons. The summed E-state index contributed by atoms with van der Waals surface area (Å²) in [6.45, 7) is 0.914. The van der Waals surface area contributed by atoms with Gasteiger partial charge in [0.15, 0.2) is 0 Å². The third kappa shape index (κ3) is 3.65. The molecule has 1 atom stereocenters. The number of hydrogen-bond donors (Lipinski definition) is 0. The molecule has 4 nitrogen and oxygen atoms in total. The van der Waals surface area contributed by atoms with Crippen molar-refractivity contribution in [1.82, 2.24) is 4.90 Å². The molecule has 0 N–H and O–H groups in total. The van der Waals surface area contributed by atoms with Crippen LogP contribution in [0.1, 0.15) is 5.56 Å². The fourth-order valence-electron chi connectivity index (χ4n) is 2.20. The van der Waals surface area contributed by atoms with E-state index in [-0.39, 0.29) is 16.5 Å². The molecule has 0 aliphatic heterocycles. The molecule has 0 bridgehead atoms. The number of rotatable bonds is 5. The summed E-state index contributed by atoms with van der Waals surface area (Å²) < 4.78 is 0. The minimum absolute atomic E-state index is 0.123. The van der Waals surface area contributed by atoms with Gasteiger partial charge in [-0.25, -0.2) is 0 Å². The van der Waals surface area contributed by atoms with Gasteiger partial charge in [-0.3, -0.25) is 10.1 Å². The van der Waals surface area contributed by atoms with Gasteiger partial charge >= 0.3 is 0 Å². The molecule has 0 radical (unpaired) electrons. The molecule has 0 saturated heterocycles. The minimum atomic E-state index is -0.371. The van der Waals surface area contributed by atoms with Gasteiger partial charge in [-0.1, -0.05) is 42.5 Å². The van der Waals surface area contributed by atoms with Crippen molar-refractivity contribution >= 4 is 11.8 Å². The maximum absolute atomic E-state index is 10.7. The molecule has 1 aliphatic carbocycles. The zero-order valence-corrected chi connectivity index (χ0v) is 11.7. The van der Waals surface area contributed by atoms with Crippen molar-refractivity contribution in [3.8, 4) is 0 Å². The average Bonchev–Trinajstić information content (AvgIpc) is 2.83. The molecule has 2 rings (SSSR count). The standard InChI is InChI=1S/C16H18N2O2/c1-17(2)12-15-7-4-6-14(15)10-9-13-5-3-8-16(11-13)18(19)20/h3-11,14H,12H2,1-2H3/b10-9+. The van der Waals surface area contributed by atoms with Crippen molar-refractivity contribution < 1.29 is 4.92 Å². The first-order valence-electron chi connectivity index (χ1n) is 6.51. The number of benzene rings is 1.